The smallest absolute Gasteiger partial charge is 0.243 e. The molecule has 1 aliphatic heterocycles. The lowest BCUT2D eigenvalue weighted by atomic mass is 10.3. The van der Waals surface area contributed by atoms with Crippen LogP contribution in [-0.2, 0) is 10.0 Å². The van der Waals surface area contributed by atoms with Crippen molar-refractivity contribution >= 4 is 21.6 Å². The monoisotopic (exact) mass is 428 g/mol. The molecule has 6 nitrogen and oxygen atoms in total. The van der Waals surface area contributed by atoms with Crippen molar-refractivity contribution in [3.05, 3.63) is 53.3 Å². The Morgan fingerprint density at radius 2 is 2.00 bits per heavy atom. The van der Waals surface area contributed by atoms with Crippen molar-refractivity contribution in [2.24, 2.45) is 0 Å². The summed E-state index contributed by atoms with van der Waals surface area (Å²) in [5.41, 5.74) is 0. The first-order valence-electron chi connectivity index (χ1n) is 8.84. The van der Waals surface area contributed by atoms with Gasteiger partial charge in [-0.05, 0) is 43.3 Å². The molecule has 3 rings (SSSR count). The summed E-state index contributed by atoms with van der Waals surface area (Å²) in [4.78, 5) is 1.66. The molecule has 28 heavy (non-hydrogen) atoms. The lowest BCUT2D eigenvalue weighted by Crippen LogP contribution is -2.38. The number of nitrogens with one attached hydrogen (secondary N) is 1. The number of sulfonamides is 1. The summed E-state index contributed by atoms with van der Waals surface area (Å²) in [6.07, 6.45) is 0.635. The van der Waals surface area contributed by atoms with Gasteiger partial charge in [0.05, 0.1) is 7.11 Å². The van der Waals surface area contributed by atoms with Gasteiger partial charge in [0.1, 0.15) is 17.3 Å². The number of rotatable bonds is 8. The van der Waals surface area contributed by atoms with Gasteiger partial charge < -0.3 is 9.47 Å². The molecule has 1 fully saturated rings. The summed E-state index contributed by atoms with van der Waals surface area (Å²) >= 11 is 5.80. The average molecular weight is 429 g/mol. The van der Waals surface area contributed by atoms with E-state index in [0.29, 0.717) is 37.6 Å². The van der Waals surface area contributed by atoms with Gasteiger partial charge in [0, 0.05) is 24.2 Å². The Balaban J connectivity index is 1.52. The maximum absolute atomic E-state index is 13.9. The van der Waals surface area contributed by atoms with Crippen molar-refractivity contribution in [3.63, 3.8) is 0 Å². The number of likely N-dealkylation sites (tertiary alicyclic amines) is 1. The van der Waals surface area contributed by atoms with Crippen molar-refractivity contribution in [2.45, 2.75) is 17.4 Å². The molecular weight excluding hydrogens is 407 g/mol. The quantitative estimate of drug-likeness (QED) is 0.700. The van der Waals surface area contributed by atoms with Crippen molar-refractivity contribution in [1.82, 2.24) is 9.62 Å². The van der Waals surface area contributed by atoms with Crippen LogP contribution in [0.1, 0.15) is 6.42 Å². The van der Waals surface area contributed by atoms with Gasteiger partial charge >= 0.3 is 0 Å². The minimum Gasteiger partial charge on any atom is -0.493 e. The molecule has 2 aromatic rings. The van der Waals surface area contributed by atoms with Crippen LogP contribution in [0.25, 0.3) is 0 Å². The highest BCUT2D eigenvalue weighted by atomic mass is 35.5. The molecule has 0 spiro atoms. The van der Waals surface area contributed by atoms with Crippen molar-refractivity contribution in [3.8, 4) is 11.5 Å². The Labute approximate surface area is 169 Å². The van der Waals surface area contributed by atoms with E-state index in [1.807, 2.05) is 24.3 Å². The minimum atomic E-state index is -3.98. The first kappa shape index (κ1) is 20.9. The van der Waals surface area contributed by atoms with Crippen LogP contribution >= 0.6 is 11.6 Å². The molecule has 0 unspecified atom stereocenters. The molecule has 0 saturated carbocycles. The number of benzene rings is 2. The lowest BCUT2D eigenvalue weighted by molar-refractivity contribution is 0.228. The SMILES string of the molecule is COc1ccccc1OCCN1CC[C@H](NS(=O)(=O)c2cc(Cl)ccc2F)C1. The number of ether oxygens (including phenoxy) is 2. The summed E-state index contributed by atoms with van der Waals surface area (Å²) in [7, 11) is -2.39. The second-order valence-electron chi connectivity index (χ2n) is 6.48. The lowest BCUT2D eigenvalue weighted by Gasteiger charge is -2.18. The van der Waals surface area contributed by atoms with E-state index in [1.165, 1.54) is 6.07 Å². The van der Waals surface area contributed by atoms with Crippen LogP contribution in [0.5, 0.6) is 11.5 Å². The Morgan fingerprint density at radius 1 is 1.25 bits per heavy atom. The summed E-state index contributed by atoms with van der Waals surface area (Å²) in [5, 5.41) is 0.170. The highest BCUT2D eigenvalue weighted by Crippen LogP contribution is 2.26. The van der Waals surface area contributed by atoms with Crippen molar-refractivity contribution in [2.75, 3.05) is 33.4 Å². The largest absolute Gasteiger partial charge is 0.493 e. The van der Waals surface area contributed by atoms with Gasteiger partial charge in [-0.15, -0.1) is 0 Å². The standard InChI is InChI=1S/C19H22ClFN2O4S/c1-26-17-4-2-3-5-18(17)27-11-10-23-9-8-15(13-23)22-28(24,25)19-12-14(20)6-7-16(19)21/h2-7,12,15,22H,8-11,13H2,1H3/t15-/m0/s1. The molecule has 152 valence electrons. The third-order valence-electron chi connectivity index (χ3n) is 4.51. The third-order valence-corrected chi connectivity index (χ3v) is 6.28. The Bertz CT molecular complexity index is 926. The number of nitrogens with zero attached hydrogens (tertiary/aromatic N) is 1. The van der Waals surface area contributed by atoms with E-state index in [9.17, 15) is 12.8 Å². The fraction of sp³-hybridized carbons (Fsp3) is 0.368. The van der Waals surface area contributed by atoms with E-state index in [-0.39, 0.29) is 11.1 Å². The molecule has 9 heteroatoms. The predicted molar refractivity (Wildman–Crippen MR) is 105 cm³/mol. The Hall–Kier alpha value is -1.87. The second kappa shape index (κ2) is 9.09. The van der Waals surface area contributed by atoms with E-state index in [0.717, 1.165) is 18.7 Å². The molecule has 0 amide bonds. The molecule has 0 bridgehead atoms. The van der Waals surface area contributed by atoms with Crippen LogP contribution in [0.3, 0.4) is 0 Å². The third kappa shape index (κ3) is 5.14. The highest BCUT2D eigenvalue weighted by molar-refractivity contribution is 7.89. The molecular formula is C19H22ClFN2O4S. The first-order chi connectivity index (χ1) is 13.4. The zero-order valence-corrected chi connectivity index (χ0v) is 17.0. The molecule has 1 heterocycles. The average Bonchev–Trinajstić information content (AvgIpc) is 3.10. The zero-order valence-electron chi connectivity index (χ0n) is 15.4. The number of methoxy groups -OCH3 is 1. The maximum Gasteiger partial charge on any atom is 0.243 e. The van der Waals surface area contributed by atoms with Gasteiger partial charge in [-0.1, -0.05) is 23.7 Å². The first-order valence-corrected chi connectivity index (χ1v) is 10.7. The molecule has 1 N–H and O–H groups in total. The van der Waals surface area contributed by atoms with Gasteiger partial charge in [0.2, 0.25) is 10.0 Å². The fourth-order valence-corrected chi connectivity index (χ4v) is 4.72. The molecule has 1 saturated heterocycles. The van der Waals surface area contributed by atoms with Crippen LogP contribution < -0.4 is 14.2 Å². The summed E-state index contributed by atoms with van der Waals surface area (Å²) in [5.74, 6) is 0.507. The van der Waals surface area contributed by atoms with Gasteiger partial charge in [-0.2, -0.15) is 0 Å². The molecule has 2 aromatic carbocycles. The van der Waals surface area contributed by atoms with Crippen LogP contribution in [-0.4, -0.2) is 52.7 Å². The Kier molecular flexibility index (Phi) is 6.77. The van der Waals surface area contributed by atoms with Crippen molar-refractivity contribution in [1.29, 1.82) is 0 Å². The van der Waals surface area contributed by atoms with Crippen LogP contribution in [0.4, 0.5) is 4.39 Å². The van der Waals surface area contributed by atoms with Crippen LogP contribution in [0, 0.1) is 5.82 Å². The molecule has 0 aromatic heterocycles. The van der Waals surface area contributed by atoms with E-state index in [2.05, 4.69) is 9.62 Å². The molecule has 0 aliphatic carbocycles. The highest BCUT2D eigenvalue weighted by Gasteiger charge is 2.28. The Morgan fingerprint density at radius 3 is 2.75 bits per heavy atom. The van der Waals surface area contributed by atoms with Crippen molar-refractivity contribution < 1.29 is 22.3 Å². The number of halogens is 2. The van der Waals surface area contributed by atoms with E-state index >= 15 is 0 Å². The topological polar surface area (TPSA) is 67.9 Å². The zero-order chi connectivity index (χ0) is 20.1. The maximum atomic E-state index is 13.9. The molecule has 1 aliphatic rings. The number of para-hydroxylation sites is 2. The minimum absolute atomic E-state index is 0.170. The van der Waals surface area contributed by atoms with Gasteiger partial charge in [-0.25, -0.2) is 17.5 Å². The number of hydrogen-bond acceptors (Lipinski definition) is 5. The van der Waals surface area contributed by atoms with Gasteiger partial charge in [0.15, 0.2) is 11.5 Å². The van der Waals surface area contributed by atoms with Crippen LogP contribution in [0.2, 0.25) is 5.02 Å². The van der Waals surface area contributed by atoms with E-state index < -0.39 is 20.7 Å². The second-order valence-corrected chi connectivity index (χ2v) is 8.60. The molecule has 0 radical (unpaired) electrons. The predicted octanol–water partition coefficient (Wildman–Crippen LogP) is 2.92. The van der Waals surface area contributed by atoms with E-state index in [1.54, 1.807) is 7.11 Å². The van der Waals surface area contributed by atoms with Gasteiger partial charge in [0.25, 0.3) is 0 Å². The van der Waals surface area contributed by atoms with Crippen LogP contribution in [0.15, 0.2) is 47.4 Å². The van der Waals surface area contributed by atoms with E-state index in [4.69, 9.17) is 21.1 Å². The molecule has 1 atom stereocenters. The summed E-state index contributed by atoms with van der Waals surface area (Å²) < 4.78 is 52.4. The summed E-state index contributed by atoms with van der Waals surface area (Å²) in [6, 6.07) is 10.6. The van der Waals surface area contributed by atoms with Gasteiger partial charge in [-0.3, -0.25) is 4.90 Å². The normalized spacial score (nSPS) is 17.6. The summed E-state index contributed by atoms with van der Waals surface area (Å²) in [6.45, 7) is 2.34. The number of hydrogen-bond donors (Lipinski definition) is 1. The fourth-order valence-electron chi connectivity index (χ4n) is 3.12.